The third-order valence-corrected chi connectivity index (χ3v) is 3.70. The number of amides is 1. The van der Waals surface area contributed by atoms with Gasteiger partial charge in [-0.05, 0) is 43.8 Å². The minimum atomic E-state index is -0.358. The van der Waals surface area contributed by atoms with Crippen molar-refractivity contribution in [2.24, 2.45) is 0 Å². The zero-order valence-corrected chi connectivity index (χ0v) is 14.7. The lowest BCUT2D eigenvalue weighted by molar-refractivity contribution is -0.116. The average molecular weight is 340 g/mol. The Kier molecular flexibility index (Phi) is 7.16. The van der Waals surface area contributed by atoms with Crippen LogP contribution in [0.15, 0.2) is 54.6 Å². The topological polar surface area (TPSA) is 58.6 Å². The lowest BCUT2D eigenvalue weighted by atomic mass is 10.2. The Morgan fingerprint density at radius 1 is 1.04 bits per heavy atom. The van der Waals surface area contributed by atoms with Gasteiger partial charge in [-0.1, -0.05) is 30.3 Å². The summed E-state index contributed by atoms with van der Waals surface area (Å²) in [7, 11) is 1.99. The smallest absolute Gasteiger partial charge is 0.338 e. The maximum absolute atomic E-state index is 12.1. The van der Waals surface area contributed by atoms with E-state index in [1.54, 1.807) is 31.2 Å². The third-order valence-electron chi connectivity index (χ3n) is 3.70. The van der Waals surface area contributed by atoms with Crippen LogP contribution >= 0.6 is 0 Å². The number of carbonyl (C=O) groups excluding carboxylic acids is 2. The van der Waals surface area contributed by atoms with E-state index in [-0.39, 0.29) is 11.9 Å². The van der Waals surface area contributed by atoms with Crippen molar-refractivity contribution in [1.82, 2.24) is 4.90 Å². The number of anilines is 1. The Labute approximate surface area is 148 Å². The molecule has 0 heterocycles. The fourth-order valence-corrected chi connectivity index (χ4v) is 2.39. The van der Waals surface area contributed by atoms with Crippen molar-refractivity contribution in [3.63, 3.8) is 0 Å². The highest BCUT2D eigenvalue weighted by Crippen LogP contribution is 2.11. The fraction of sp³-hybridized carbons (Fsp3) is 0.300. The first kappa shape index (κ1) is 18.7. The second kappa shape index (κ2) is 9.59. The molecule has 2 rings (SSSR count). The first-order valence-corrected chi connectivity index (χ1v) is 8.38. The molecule has 0 radical (unpaired) electrons. The van der Waals surface area contributed by atoms with E-state index in [0.29, 0.717) is 30.8 Å². The number of ether oxygens (including phenoxy) is 1. The zero-order valence-electron chi connectivity index (χ0n) is 14.7. The molecule has 0 aromatic heterocycles. The van der Waals surface area contributed by atoms with Crippen molar-refractivity contribution >= 4 is 17.6 Å². The summed E-state index contributed by atoms with van der Waals surface area (Å²) in [4.78, 5) is 25.8. The van der Waals surface area contributed by atoms with E-state index in [9.17, 15) is 9.59 Å². The molecular formula is C20H24N2O3. The molecule has 0 unspecified atom stereocenters. The summed E-state index contributed by atoms with van der Waals surface area (Å²) in [5, 5.41) is 2.84. The van der Waals surface area contributed by atoms with Crippen LogP contribution in [0.5, 0.6) is 0 Å². The lowest BCUT2D eigenvalue weighted by Crippen LogP contribution is -2.24. The molecule has 0 spiro atoms. The highest BCUT2D eigenvalue weighted by atomic mass is 16.5. The predicted octanol–water partition coefficient (Wildman–Crippen LogP) is 3.32. The summed E-state index contributed by atoms with van der Waals surface area (Å²) in [6, 6.07) is 16.9. The van der Waals surface area contributed by atoms with Gasteiger partial charge in [-0.2, -0.15) is 0 Å². The standard InChI is InChI=1S/C20H24N2O3/c1-3-25-20(24)17-9-11-18(12-10-17)21-19(23)13-14-22(2)15-16-7-5-4-6-8-16/h4-12H,3,13-15H2,1-2H3,(H,21,23). The quantitative estimate of drug-likeness (QED) is 0.749. The number of hydrogen-bond donors (Lipinski definition) is 1. The van der Waals surface area contributed by atoms with Gasteiger partial charge < -0.3 is 15.0 Å². The van der Waals surface area contributed by atoms with E-state index < -0.39 is 0 Å². The molecule has 5 heteroatoms. The molecule has 1 N–H and O–H groups in total. The summed E-state index contributed by atoms with van der Waals surface area (Å²) in [5.74, 6) is -0.410. The first-order chi connectivity index (χ1) is 12.1. The van der Waals surface area contributed by atoms with Crippen LogP contribution in [0.3, 0.4) is 0 Å². The van der Waals surface area contributed by atoms with Crippen LogP contribution in [0, 0.1) is 0 Å². The van der Waals surface area contributed by atoms with Crippen molar-refractivity contribution in [2.45, 2.75) is 19.9 Å². The SMILES string of the molecule is CCOC(=O)c1ccc(NC(=O)CCN(C)Cc2ccccc2)cc1. The van der Waals surface area contributed by atoms with E-state index in [4.69, 9.17) is 4.74 Å². The largest absolute Gasteiger partial charge is 0.462 e. The summed E-state index contributed by atoms with van der Waals surface area (Å²) >= 11 is 0. The molecule has 25 heavy (non-hydrogen) atoms. The van der Waals surface area contributed by atoms with Gasteiger partial charge in [-0.25, -0.2) is 4.79 Å². The van der Waals surface area contributed by atoms with E-state index in [2.05, 4.69) is 22.3 Å². The van der Waals surface area contributed by atoms with Gasteiger partial charge in [0.25, 0.3) is 0 Å². The molecule has 0 bridgehead atoms. The van der Waals surface area contributed by atoms with E-state index in [1.165, 1.54) is 5.56 Å². The van der Waals surface area contributed by atoms with Gasteiger partial charge in [0.2, 0.25) is 5.91 Å². The molecule has 2 aromatic carbocycles. The van der Waals surface area contributed by atoms with Crippen molar-refractivity contribution in [1.29, 1.82) is 0 Å². The number of hydrogen-bond acceptors (Lipinski definition) is 4. The molecule has 0 aliphatic heterocycles. The molecule has 5 nitrogen and oxygen atoms in total. The summed E-state index contributed by atoms with van der Waals surface area (Å²) in [5.41, 5.74) is 2.37. The molecule has 1 amide bonds. The number of nitrogens with zero attached hydrogens (tertiary/aromatic N) is 1. The zero-order chi connectivity index (χ0) is 18.1. The summed E-state index contributed by atoms with van der Waals surface area (Å²) in [6.07, 6.45) is 0.406. The Hall–Kier alpha value is -2.66. The molecular weight excluding hydrogens is 316 g/mol. The fourth-order valence-electron chi connectivity index (χ4n) is 2.39. The Morgan fingerprint density at radius 3 is 2.36 bits per heavy atom. The average Bonchev–Trinajstić information content (AvgIpc) is 2.62. The van der Waals surface area contributed by atoms with Crippen LogP contribution in [0.4, 0.5) is 5.69 Å². The maximum atomic E-state index is 12.1. The van der Waals surface area contributed by atoms with Gasteiger partial charge in [-0.3, -0.25) is 4.79 Å². The monoisotopic (exact) mass is 340 g/mol. The molecule has 0 saturated heterocycles. The molecule has 0 saturated carbocycles. The van der Waals surface area contributed by atoms with Crippen LogP contribution in [-0.4, -0.2) is 37.0 Å². The van der Waals surface area contributed by atoms with Gasteiger partial charge in [0.15, 0.2) is 0 Å². The van der Waals surface area contributed by atoms with Gasteiger partial charge in [-0.15, -0.1) is 0 Å². The van der Waals surface area contributed by atoms with Gasteiger partial charge in [0, 0.05) is 25.2 Å². The lowest BCUT2D eigenvalue weighted by Gasteiger charge is -2.16. The molecule has 0 fully saturated rings. The van der Waals surface area contributed by atoms with Gasteiger partial charge in [0.05, 0.1) is 12.2 Å². The molecule has 132 valence electrons. The number of esters is 1. The van der Waals surface area contributed by atoms with Crippen molar-refractivity contribution in [3.05, 3.63) is 65.7 Å². The third kappa shape index (κ3) is 6.39. The summed E-state index contributed by atoms with van der Waals surface area (Å²) < 4.78 is 4.93. The predicted molar refractivity (Wildman–Crippen MR) is 98.4 cm³/mol. The second-order valence-electron chi connectivity index (χ2n) is 5.82. The van der Waals surface area contributed by atoms with Crippen LogP contribution in [0.25, 0.3) is 0 Å². The molecule has 2 aromatic rings. The van der Waals surface area contributed by atoms with Crippen LogP contribution in [0.2, 0.25) is 0 Å². The highest BCUT2D eigenvalue weighted by Gasteiger charge is 2.08. The van der Waals surface area contributed by atoms with E-state index in [1.807, 2.05) is 25.2 Å². The van der Waals surface area contributed by atoms with Crippen LogP contribution in [0.1, 0.15) is 29.3 Å². The van der Waals surface area contributed by atoms with Crippen molar-refractivity contribution in [3.8, 4) is 0 Å². The van der Waals surface area contributed by atoms with Crippen molar-refractivity contribution in [2.75, 3.05) is 25.5 Å². The van der Waals surface area contributed by atoms with E-state index in [0.717, 1.165) is 6.54 Å². The second-order valence-corrected chi connectivity index (χ2v) is 5.82. The number of benzene rings is 2. The Balaban J connectivity index is 1.77. The maximum Gasteiger partial charge on any atom is 0.338 e. The van der Waals surface area contributed by atoms with E-state index >= 15 is 0 Å². The van der Waals surface area contributed by atoms with Crippen LogP contribution < -0.4 is 5.32 Å². The number of carbonyl (C=O) groups is 2. The van der Waals surface area contributed by atoms with Crippen molar-refractivity contribution < 1.29 is 14.3 Å². The summed E-state index contributed by atoms with van der Waals surface area (Å²) in [6.45, 7) is 3.58. The Bertz CT molecular complexity index is 684. The minimum absolute atomic E-state index is 0.0520. The molecule has 0 aliphatic carbocycles. The normalized spacial score (nSPS) is 10.5. The van der Waals surface area contributed by atoms with Gasteiger partial charge >= 0.3 is 5.97 Å². The molecule has 0 aliphatic rings. The number of rotatable bonds is 8. The van der Waals surface area contributed by atoms with Gasteiger partial charge in [0.1, 0.15) is 0 Å². The Morgan fingerprint density at radius 2 is 1.72 bits per heavy atom. The highest BCUT2D eigenvalue weighted by molar-refractivity contribution is 5.93. The first-order valence-electron chi connectivity index (χ1n) is 8.38. The van der Waals surface area contributed by atoms with Crippen LogP contribution in [-0.2, 0) is 16.1 Å². The minimum Gasteiger partial charge on any atom is -0.462 e. The molecule has 0 atom stereocenters. The number of nitrogens with one attached hydrogen (secondary N) is 1.